The summed E-state index contributed by atoms with van der Waals surface area (Å²) >= 11 is 3.40. The topological polar surface area (TPSA) is 92.7 Å². The van der Waals surface area contributed by atoms with Crippen LogP contribution in [-0.2, 0) is 19.1 Å². The molecule has 0 fully saturated rings. The summed E-state index contributed by atoms with van der Waals surface area (Å²) in [7, 11) is 1.29. The van der Waals surface area contributed by atoms with Crippen molar-refractivity contribution in [3.63, 3.8) is 0 Å². The molecule has 0 saturated heterocycles. The van der Waals surface area contributed by atoms with Crippen molar-refractivity contribution in [3.05, 3.63) is 44.9 Å². The number of aliphatic carboxylic acids is 1. The number of amides is 1. The molecule has 140 valence electrons. The number of methoxy groups -OCH3 is 1. The third kappa shape index (κ3) is 4.94. The van der Waals surface area contributed by atoms with Gasteiger partial charge in [0.15, 0.2) is 0 Å². The molecule has 7 heteroatoms. The quantitative estimate of drug-likeness (QED) is 0.683. The summed E-state index contributed by atoms with van der Waals surface area (Å²) in [6.45, 7) is 1.89. The Morgan fingerprint density at radius 3 is 2.46 bits per heavy atom. The summed E-state index contributed by atoms with van der Waals surface area (Å²) < 4.78 is 5.64. The maximum absolute atomic E-state index is 12.8. The van der Waals surface area contributed by atoms with Gasteiger partial charge in [-0.25, -0.2) is 4.79 Å². The minimum Gasteiger partial charge on any atom is -0.478 e. The van der Waals surface area contributed by atoms with Gasteiger partial charge in [0, 0.05) is 15.6 Å². The van der Waals surface area contributed by atoms with Crippen molar-refractivity contribution in [2.75, 3.05) is 7.11 Å². The van der Waals surface area contributed by atoms with Gasteiger partial charge in [-0.2, -0.15) is 0 Å². The Bertz CT molecular complexity index is 756. The molecule has 1 atom stereocenters. The van der Waals surface area contributed by atoms with Crippen LogP contribution in [0, 0.1) is 6.92 Å². The number of halogens is 1. The van der Waals surface area contributed by atoms with E-state index in [2.05, 4.69) is 21.2 Å². The van der Waals surface area contributed by atoms with Crippen molar-refractivity contribution in [1.82, 2.24) is 5.32 Å². The maximum Gasteiger partial charge on any atom is 0.332 e. The second kappa shape index (κ2) is 8.98. The SMILES string of the molecule is COC(=O)CC(NC(=O)C1=C(C(=O)O)CCCC1)c1ccc(Br)cc1C. The van der Waals surface area contributed by atoms with Crippen LogP contribution in [0.25, 0.3) is 0 Å². The molecule has 6 nitrogen and oxygen atoms in total. The summed E-state index contributed by atoms with van der Waals surface area (Å²) in [5.41, 5.74) is 2.16. The number of esters is 1. The number of carbonyl (C=O) groups excluding carboxylic acids is 2. The number of carboxylic acid groups (broad SMARTS) is 1. The minimum atomic E-state index is -1.06. The Kier molecular flexibility index (Phi) is 6.97. The summed E-state index contributed by atoms with van der Waals surface area (Å²) in [5.74, 6) is -1.94. The third-order valence-electron chi connectivity index (χ3n) is 4.51. The molecular weight excluding hydrogens is 402 g/mol. The summed E-state index contributed by atoms with van der Waals surface area (Å²) in [5, 5.41) is 12.2. The van der Waals surface area contributed by atoms with Gasteiger partial charge >= 0.3 is 11.9 Å². The van der Waals surface area contributed by atoms with E-state index in [-0.39, 0.29) is 12.0 Å². The minimum absolute atomic E-state index is 0.0274. The number of carboxylic acids is 1. The highest BCUT2D eigenvalue weighted by Crippen LogP contribution is 2.28. The van der Waals surface area contributed by atoms with Gasteiger partial charge in [-0.3, -0.25) is 9.59 Å². The van der Waals surface area contributed by atoms with E-state index in [1.54, 1.807) is 0 Å². The van der Waals surface area contributed by atoms with Gasteiger partial charge in [-0.15, -0.1) is 0 Å². The van der Waals surface area contributed by atoms with Crippen LogP contribution in [-0.4, -0.2) is 30.1 Å². The smallest absolute Gasteiger partial charge is 0.332 e. The Morgan fingerprint density at radius 2 is 1.88 bits per heavy atom. The highest BCUT2D eigenvalue weighted by Gasteiger charge is 2.27. The zero-order valence-corrected chi connectivity index (χ0v) is 16.4. The van der Waals surface area contributed by atoms with E-state index in [1.165, 1.54) is 7.11 Å². The van der Waals surface area contributed by atoms with Crippen molar-refractivity contribution in [3.8, 4) is 0 Å². The Balaban J connectivity index is 2.32. The number of hydrogen-bond acceptors (Lipinski definition) is 4. The largest absolute Gasteiger partial charge is 0.478 e. The number of carbonyl (C=O) groups is 3. The van der Waals surface area contributed by atoms with Gasteiger partial charge in [0.05, 0.1) is 19.6 Å². The third-order valence-corrected chi connectivity index (χ3v) is 5.00. The Morgan fingerprint density at radius 1 is 1.23 bits per heavy atom. The molecule has 0 aromatic heterocycles. The molecular formula is C19H22BrNO5. The lowest BCUT2D eigenvalue weighted by Gasteiger charge is -2.23. The molecule has 1 aliphatic rings. The van der Waals surface area contributed by atoms with Crippen LogP contribution in [0.15, 0.2) is 33.8 Å². The molecule has 1 aromatic rings. The number of benzene rings is 1. The predicted molar refractivity (Wildman–Crippen MR) is 99.5 cm³/mol. The van der Waals surface area contributed by atoms with Crippen LogP contribution in [0.1, 0.15) is 49.3 Å². The first kappa shape index (κ1) is 20.2. The molecule has 0 aliphatic heterocycles. The predicted octanol–water partition coefficient (Wildman–Crippen LogP) is 3.43. The van der Waals surface area contributed by atoms with E-state index in [9.17, 15) is 19.5 Å². The average Bonchev–Trinajstić information content (AvgIpc) is 2.61. The van der Waals surface area contributed by atoms with Gasteiger partial charge in [-0.1, -0.05) is 22.0 Å². The van der Waals surface area contributed by atoms with Crippen LogP contribution in [0.3, 0.4) is 0 Å². The van der Waals surface area contributed by atoms with Crippen molar-refractivity contribution in [2.24, 2.45) is 0 Å². The molecule has 2 N–H and O–H groups in total. The summed E-state index contributed by atoms with van der Waals surface area (Å²) in [6, 6.07) is 4.98. The molecule has 1 aromatic carbocycles. The normalized spacial score (nSPS) is 15.3. The van der Waals surface area contributed by atoms with E-state index >= 15 is 0 Å². The van der Waals surface area contributed by atoms with E-state index in [4.69, 9.17) is 4.74 Å². The monoisotopic (exact) mass is 423 g/mol. The van der Waals surface area contributed by atoms with Gasteiger partial charge in [0.25, 0.3) is 0 Å². The Labute approximate surface area is 160 Å². The zero-order chi connectivity index (χ0) is 19.3. The molecule has 1 aliphatic carbocycles. The molecule has 26 heavy (non-hydrogen) atoms. The van der Waals surface area contributed by atoms with Crippen LogP contribution < -0.4 is 5.32 Å². The van der Waals surface area contributed by atoms with Crippen LogP contribution in [0.2, 0.25) is 0 Å². The average molecular weight is 424 g/mol. The summed E-state index contributed by atoms with van der Waals surface area (Å²) in [6.07, 6.45) is 2.32. The van der Waals surface area contributed by atoms with Gasteiger partial charge in [0.1, 0.15) is 0 Å². The van der Waals surface area contributed by atoms with E-state index in [1.807, 2.05) is 25.1 Å². The second-order valence-electron chi connectivity index (χ2n) is 6.28. The highest BCUT2D eigenvalue weighted by atomic mass is 79.9. The lowest BCUT2D eigenvalue weighted by Crippen LogP contribution is -2.33. The van der Waals surface area contributed by atoms with Gasteiger partial charge in [0.2, 0.25) is 5.91 Å². The molecule has 0 radical (unpaired) electrons. The lowest BCUT2D eigenvalue weighted by molar-refractivity contribution is -0.141. The molecule has 0 bridgehead atoms. The van der Waals surface area contributed by atoms with Crippen LogP contribution >= 0.6 is 15.9 Å². The van der Waals surface area contributed by atoms with E-state index in [0.717, 1.165) is 28.4 Å². The number of ether oxygens (including phenoxy) is 1. The zero-order valence-electron chi connectivity index (χ0n) is 14.8. The van der Waals surface area contributed by atoms with Crippen molar-refractivity contribution < 1.29 is 24.2 Å². The Hall–Kier alpha value is -2.15. The molecule has 2 rings (SSSR count). The number of hydrogen-bond donors (Lipinski definition) is 2. The number of aryl methyl sites for hydroxylation is 1. The van der Waals surface area contributed by atoms with Crippen LogP contribution in [0.5, 0.6) is 0 Å². The van der Waals surface area contributed by atoms with Crippen LogP contribution in [0.4, 0.5) is 0 Å². The van der Waals surface area contributed by atoms with E-state index < -0.39 is 23.9 Å². The number of rotatable bonds is 6. The fraction of sp³-hybridized carbons (Fsp3) is 0.421. The van der Waals surface area contributed by atoms with Gasteiger partial charge < -0.3 is 15.2 Å². The fourth-order valence-electron chi connectivity index (χ4n) is 3.16. The molecule has 1 amide bonds. The molecule has 0 spiro atoms. The lowest BCUT2D eigenvalue weighted by atomic mass is 9.90. The standard InChI is InChI=1S/C19H22BrNO5/c1-11-9-12(20)7-8-13(11)16(10-17(22)26-2)21-18(23)14-5-3-4-6-15(14)19(24)25/h7-9,16H,3-6,10H2,1-2H3,(H,21,23)(H,24,25). The second-order valence-corrected chi connectivity index (χ2v) is 7.19. The first-order valence-corrected chi connectivity index (χ1v) is 9.21. The maximum atomic E-state index is 12.8. The molecule has 0 heterocycles. The van der Waals surface area contributed by atoms with Gasteiger partial charge in [-0.05, 0) is 55.9 Å². The van der Waals surface area contributed by atoms with E-state index in [0.29, 0.717) is 18.4 Å². The first-order chi connectivity index (χ1) is 12.3. The molecule has 1 unspecified atom stereocenters. The summed E-state index contributed by atoms with van der Waals surface area (Å²) in [4.78, 5) is 36.0. The highest BCUT2D eigenvalue weighted by molar-refractivity contribution is 9.10. The van der Waals surface area contributed by atoms with Crippen molar-refractivity contribution in [2.45, 2.75) is 45.1 Å². The van der Waals surface area contributed by atoms with Crippen molar-refractivity contribution >= 4 is 33.8 Å². The van der Waals surface area contributed by atoms with Crippen molar-refractivity contribution in [1.29, 1.82) is 0 Å². The number of nitrogens with one attached hydrogen (secondary N) is 1. The first-order valence-electron chi connectivity index (χ1n) is 8.42. The molecule has 0 saturated carbocycles. The fourth-order valence-corrected chi connectivity index (χ4v) is 3.63.